The van der Waals surface area contributed by atoms with Crippen LogP contribution in [-0.4, -0.2) is 17.5 Å². The third-order valence-electron chi connectivity index (χ3n) is 1.43. The zero-order chi connectivity index (χ0) is 5.98. The molecule has 1 aliphatic rings. The molecule has 0 saturated heterocycles. The number of hydrogen-bond donors (Lipinski definition) is 0. The van der Waals surface area contributed by atoms with E-state index in [0.717, 1.165) is 13.0 Å². The van der Waals surface area contributed by atoms with Gasteiger partial charge >= 0.3 is 0 Å². The van der Waals surface area contributed by atoms with Crippen LogP contribution in [0.3, 0.4) is 0 Å². The molecule has 8 heavy (non-hydrogen) atoms. The van der Waals surface area contributed by atoms with Gasteiger partial charge in [-0.05, 0) is 26.3 Å². The average molecular weight is 110 g/mol. The fourth-order valence-corrected chi connectivity index (χ4v) is 0.847. The first-order valence-corrected chi connectivity index (χ1v) is 3.13. The molecule has 1 rings (SSSR count). The Kier molecular flexibility index (Phi) is 1.56. The summed E-state index contributed by atoms with van der Waals surface area (Å²) in [5.74, 6) is 0. The molecule has 0 bridgehead atoms. The smallest absolute Gasteiger partial charge is 0.0228 e. The van der Waals surface area contributed by atoms with E-state index < -0.39 is 0 Å². The molecule has 1 nitrogen and oxygen atoms in total. The van der Waals surface area contributed by atoms with Crippen LogP contribution in [0.5, 0.6) is 0 Å². The van der Waals surface area contributed by atoms with Gasteiger partial charge in [-0.2, -0.15) is 0 Å². The summed E-state index contributed by atoms with van der Waals surface area (Å²) in [5.41, 5.74) is 0. The first-order valence-electron chi connectivity index (χ1n) is 3.13. The van der Waals surface area contributed by atoms with Gasteiger partial charge in [0.15, 0.2) is 0 Å². The van der Waals surface area contributed by atoms with E-state index in [0.29, 0.717) is 6.04 Å². The van der Waals surface area contributed by atoms with Crippen molar-refractivity contribution in [2.45, 2.75) is 26.3 Å². The van der Waals surface area contributed by atoms with Gasteiger partial charge in [0.2, 0.25) is 0 Å². The summed E-state index contributed by atoms with van der Waals surface area (Å²) in [6, 6.07) is 0.657. The highest BCUT2D eigenvalue weighted by atomic mass is 15.1. The molecule has 0 spiro atoms. The molecule has 0 aromatic heterocycles. The van der Waals surface area contributed by atoms with E-state index in [9.17, 15) is 0 Å². The standard InChI is InChI=1S/C7H12N/c1-7(2)8-5-3-4-6-8/h6-7H,3,5H2,1-2H3. The molecule has 45 valence electrons. The van der Waals surface area contributed by atoms with Gasteiger partial charge in [0.1, 0.15) is 0 Å². The molecule has 0 aromatic carbocycles. The predicted molar refractivity (Wildman–Crippen MR) is 34.3 cm³/mol. The zero-order valence-electron chi connectivity index (χ0n) is 5.52. The molecule has 0 atom stereocenters. The van der Waals surface area contributed by atoms with E-state index in [-0.39, 0.29) is 0 Å². The van der Waals surface area contributed by atoms with Crippen molar-refractivity contribution in [2.24, 2.45) is 0 Å². The Morgan fingerprint density at radius 2 is 2.38 bits per heavy atom. The molecular formula is C7H12N. The van der Waals surface area contributed by atoms with Gasteiger partial charge in [0.25, 0.3) is 0 Å². The maximum absolute atomic E-state index is 3.15. The second kappa shape index (κ2) is 2.21. The normalized spacial score (nSPS) is 18.6. The molecule has 0 N–H and O–H groups in total. The van der Waals surface area contributed by atoms with Gasteiger partial charge in [0, 0.05) is 18.8 Å². The van der Waals surface area contributed by atoms with Crippen molar-refractivity contribution in [3.8, 4) is 0 Å². The van der Waals surface area contributed by atoms with Crippen LogP contribution in [0.1, 0.15) is 20.3 Å². The Morgan fingerprint density at radius 1 is 1.62 bits per heavy atom. The van der Waals surface area contributed by atoms with E-state index in [1.165, 1.54) is 0 Å². The minimum atomic E-state index is 0.657. The number of nitrogens with zero attached hydrogens (tertiary/aromatic N) is 1. The molecule has 1 heterocycles. The van der Waals surface area contributed by atoms with Crippen molar-refractivity contribution < 1.29 is 0 Å². The van der Waals surface area contributed by atoms with Crippen molar-refractivity contribution in [1.29, 1.82) is 0 Å². The monoisotopic (exact) mass is 110 g/mol. The molecule has 0 saturated carbocycles. The number of rotatable bonds is 1. The van der Waals surface area contributed by atoms with E-state index in [4.69, 9.17) is 0 Å². The highest BCUT2D eigenvalue weighted by Crippen LogP contribution is 2.06. The maximum atomic E-state index is 3.15. The molecule has 1 radical (unpaired) electrons. The molecule has 0 unspecified atom stereocenters. The Morgan fingerprint density at radius 3 is 2.62 bits per heavy atom. The SMILES string of the molecule is CC(C)N1C=[C]CC1. The van der Waals surface area contributed by atoms with E-state index in [1.54, 1.807) is 0 Å². The van der Waals surface area contributed by atoms with Gasteiger partial charge in [-0.3, -0.25) is 0 Å². The van der Waals surface area contributed by atoms with Crippen molar-refractivity contribution >= 4 is 0 Å². The van der Waals surface area contributed by atoms with Gasteiger partial charge in [0.05, 0.1) is 0 Å². The lowest BCUT2D eigenvalue weighted by Gasteiger charge is -2.19. The fourth-order valence-electron chi connectivity index (χ4n) is 0.847. The Hall–Kier alpha value is -0.460. The molecule has 0 amide bonds. The third kappa shape index (κ3) is 1.03. The van der Waals surface area contributed by atoms with Crippen LogP contribution >= 0.6 is 0 Å². The summed E-state index contributed by atoms with van der Waals surface area (Å²) >= 11 is 0. The molecule has 0 aromatic rings. The molecular weight excluding hydrogens is 98.1 g/mol. The largest absolute Gasteiger partial charge is 0.374 e. The predicted octanol–water partition coefficient (Wildman–Crippen LogP) is 1.42. The zero-order valence-corrected chi connectivity index (χ0v) is 5.52. The second-order valence-corrected chi connectivity index (χ2v) is 2.41. The van der Waals surface area contributed by atoms with Crippen LogP contribution < -0.4 is 0 Å². The van der Waals surface area contributed by atoms with Crippen LogP contribution in [0.4, 0.5) is 0 Å². The van der Waals surface area contributed by atoms with E-state index >= 15 is 0 Å². The highest BCUT2D eigenvalue weighted by molar-refractivity contribution is 4.85. The minimum absolute atomic E-state index is 0.657. The summed E-state index contributed by atoms with van der Waals surface area (Å²) in [6.07, 6.45) is 6.32. The first kappa shape index (κ1) is 5.67. The van der Waals surface area contributed by atoms with Crippen molar-refractivity contribution in [1.82, 2.24) is 4.90 Å². The summed E-state index contributed by atoms with van der Waals surface area (Å²) in [7, 11) is 0. The quantitative estimate of drug-likeness (QED) is 0.493. The lowest BCUT2D eigenvalue weighted by Crippen LogP contribution is -2.22. The van der Waals surface area contributed by atoms with Crippen LogP contribution in [0.25, 0.3) is 0 Å². The van der Waals surface area contributed by atoms with Crippen molar-refractivity contribution in [2.75, 3.05) is 6.54 Å². The van der Waals surface area contributed by atoms with Gasteiger partial charge in [-0.25, -0.2) is 0 Å². The lowest BCUT2D eigenvalue weighted by molar-refractivity contribution is 0.336. The van der Waals surface area contributed by atoms with Crippen LogP contribution in [0, 0.1) is 6.08 Å². The molecule has 0 fully saturated rings. The summed E-state index contributed by atoms with van der Waals surface area (Å²) < 4.78 is 0. The Balaban J connectivity index is 2.36. The van der Waals surface area contributed by atoms with Crippen molar-refractivity contribution in [3.63, 3.8) is 0 Å². The van der Waals surface area contributed by atoms with E-state index in [1.807, 2.05) is 0 Å². The Bertz CT molecular complexity index is 94.6. The van der Waals surface area contributed by atoms with Crippen molar-refractivity contribution in [3.05, 3.63) is 12.3 Å². The molecule has 1 aliphatic heterocycles. The summed E-state index contributed by atoms with van der Waals surface area (Å²) in [5, 5.41) is 0. The summed E-state index contributed by atoms with van der Waals surface area (Å²) in [6.45, 7) is 5.56. The molecule has 1 heteroatoms. The number of hydrogen-bond acceptors (Lipinski definition) is 1. The molecule has 0 aliphatic carbocycles. The topological polar surface area (TPSA) is 3.24 Å². The van der Waals surface area contributed by atoms with E-state index in [2.05, 4.69) is 31.0 Å². The average Bonchev–Trinajstić information content (AvgIpc) is 2.12. The fraction of sp³-hybridized carbons (Fsp3) is 0.714. The minimum Gasteiger partial charge on any atom is -0.374 e. The second-order valence-electron chi connectivity index (χ2n) is 2.41. The van der Waals surface area contributed by atoms with Gasteiger partial charge in [-0.1, -0.05) is 0 Å². The van der Waals surface area contributed by atoms with Crippen LogP contribution in [-0.2, 0) is 0 Å². The third-order valence-corrected chi connectivity index (χ3v) is 1.43. The van der Waals surface area contributed by atoms with Crippen LogP contribution in [0.2, 0.25) is 0 Å². The lowest BCUT2D eigenvalue weighted by atomic mass is 10.3. The van der Waals surface area contributed by atoms with Crippen LogP contribution in [0.15, 0.2) is 6.20 Å². The highest BCUT2D eigenvalue weighted by Gasteiger charge is 2.06. The Labute approximate surface area is 51.0 Å². The maximum Gasteiger partial charge on any atom is 0.0228 e. The first-order chi connectivity index (χ1) is 3.80. The van der Waals surface area contributed by atoms with Gasteiger partial charge < -0.3 is 4.90 Å². The summed E-state index contributed by atoms with van der Waals surface area (Å²) in [4.78, 5) is 2.29. The van der Waals surface area contributed by atoms with Gasteiger partial charge in [-0.15, -0.1) is 0 Å².